The summed E-state index contributed by atoms with van der Waals surface area (Å²) in [5.74, 6) is 0.843. The van der Waals surface area contributed by atoms with Crippen molar-refractivity contribution in [3.8, 4) is 5.75 Å². The molecule has 2 aliphatic rings. The SMILES string of the molecule is COc1ccc2c(c1)CN(C(=O)NC1CCc3[nH]ncc3C1)CC2. The number of benzene rings is 1. The number of aryl methyl sites for hydroxylation is 1. The first-order valence-corrected chi connectivity index (χ1v) is 8.45. The summed E-state index contributed by atoms with van der Waals surface area (Å²) in [6.07, 6.45) is 5.52. The van der Waals surface area contributed by atoms with E-state index in [0.29, 0.717) is 6.54 Å². The Morgan fingerprint density at radius 1 is 1.33 bits per heavy atom. The molecule has 2 aromatic rings. The number of urea groups is 1. The van der Waals surface area contributed by atoms with Gasteiger partial charge in [-0.25, -0.2) is 4.79 Å². The van der Waals surface area contributed by atoms with Crippen LogP contribution >= 0.6 is 0 Å². The number of carbonyl (C=O) groups excluding carboxylic acids is 1. The third-order valence-electron chi connectivity index (χ3n) is 5.06. The predicted molar refractivity (Wildman–Crippen MR) is 90.0 cm³/mol. The van der Waals surface area contributed by atoms with E-state index in [9.17, 15) is 4.79 Å². The molecular formula is C18H22N4O2. The molecular weight excluding hydrogens is 304 g/mol. The van der Waals surface area contributed by atoms with Gasteiger partial charge in [0.05, 0.1) is 13.3 Å². The first-order valence-electron chi connectivity index (χ1n) is 8.45. The Balaban J connectivity index is 1.40. The second kappa shape index (κ2) is 6.19. The van der Waals surface area contributed by atoms with Crippen molar-refractivity contribution in [1.29, 1.82) is 0 Å². The van der Waals surface area contributed by atoms with E-state index in [1.807, 2.05) is 23.2 Å². The number of H-pyrrole nitrogens is 1. The highest BCUT2D eigenvalue weighted by atomic mass is 16.5. The van der Waals surface area contributed by atoms with Gasteiger partial charge in [0.25, 0.3) is 0 Å². The van der Waals surface area contributed by atoms with Crippen LogP contribution in [0, 0.1) is 0 Å². The average molecular weight is 326 g/mol. The van der Waals surface area contributed by atoms with Crippen molar-refractivity contribution in [2.45, 2.75) is 38.3 Å². The number of amides is 2. The molecule has 0 bridgehead atoms. The maximum absolute atomic E-state index is 12.6. The molecule has 6 heteroatoms. The molecule has 0 radical (unpaired) electrons. The zero-order valence-electron chi connectivity index (χ0n) is 13.8. The number of nitrogens with zero attached hydrogens (tertiary/aromatic N) is 2. The van der Waals surface area contributed by atoms with Crippen LogP contribution < -0.4 is 10.1 Å². The molecule has 2 heterocycles. The molecule has 6 nitrogen and oxygen atoms in total. The van der Waals surface area contributed by atoms with Crippen molar-refractivity contribution in [2.24, 2.45) is 0 Å². The van der Waals surface area contributed by atoms with Crippen LogP contribution in [0.15, 0.2) is 24.4 Å². The number of methoxy groups -OCH3 is 1. The molecule has 1 atom stereocenters. The number of hydrogen-bond acceptors (Lipinski definition) is 3. The molecule has 4 rings (SSSR count). The van der Waals surface area contributed by atoms with Gasteiger partial charge in [-0.05, 0) is 54.5 Å². The summed E-state index contributed by atoms with van der Waals surface area (Å²) in [6, 6.07) is 6.34. The van der Waals surface area contributed by atoms with Gasteiger partial charge < -0.3 is 15.0 Å². The summed E-state index contributed by atoms with van der Waals surface area (Å²) < 4.78 is 5.30. The number of aromatic amines is 1. The van der Waals surface area contributed by atoms with E-state index >= 15 is 0 Å². The monoisotopic (exact) mass is 326 g/mol. The highest BCUT2D eigenvalue weighted by Crippen LogP contribution is 2.24. The van der Waals surface area contributed by atoms with Crippen LogP contribution in [0.2, 0.25) is 0 Å². The van der Waals surface area contributed by atoms with Crippen molar-refractivity contribution in [3.05, 3.63) is 46.8 Å². The van der Waals surface area contributed by atoms with Gasteiger partial charge in [0, 0.05) is 24.8 Å². The van der Waals surface area contributed by atoms with Crippen molar-refractivity contribution < 1.29 is 9.53 Å². The zero-order chi connectivity index (χ0) is 16.5. The molecule has 0 spiro atoms. The fraction of sp³-hybridized carbons (Fsp3) is 0.444. The molecule has 126 valence electrons. The summed E-state index contributed by atoms with van der Waals surface area (Å²) in [5, 5.41) is 10.3. The number of nitrogens with one attached hydrogen (secondary N) is 2. The van der Waals surface area contributed by atoms with E-state index in [-0.39, 0.29) is 12.1 Å². The maximum Gasteiger partial charge on any atom is 0.317 e. The lowest BCUT2D eigenvalue weighted by Crippen LogP contribution is -2.48. The van der Waals surface area contributed by atoms with Gasteiger partial charge in [-0.2, -0.15) is 5.10 Å². The highest BCUT2D eigenvalue weighted by molar-refractivity contribution is 5.75. The molecule has 24 heavy (non-hydrogen) atoms. The molecule has 0 saturated carbocycles. The Labute approximate surface area is 141 Å². The fourth-order valence-corrected chi connectivity index (χ4v) is 3.64. The fourth-order valence-electron chi connectivity index (χ4n) is 3.64. The second-order valence-corrected chi connectivity index (χ2v) is 6.57. The predicted octanol–water partition coefficient (Wildman–Crippen LogP) is 2.04. The van der Waals surface area contributed by atoms with Crippen LogP contribution in [-0.2, 0) is 25.8 Å². The van der Waals surface area contributed by atoms with Crippen molar-refractivity contribution in [3.63, 3.8) is 0 Å². The van der Waals surface area contributed by atoms with E-state index in [2.05, 4.69) is 21.6 Å². The van der Waals surface area contributed by atoms with Gasteiger partial charge in [0.2, 0.25) is 0 Å². The number of carbonyl (C=O) groups is 1. The standard InChI is InChI=1S/C18H22N4O2/c1-24-16-4-2-12-6-7-22(11-14(12)9-16)18(23)20-15-3-5-17-13(8-15)10-19-21-17/h2,4,9-10,15H,3,5-8,11H2,1H3,(H,19,21)(H,20,23). The molecule has 2 N–H and O–H groups in total. The van der Waals surface area contributed by atoms with Gasteiger partial charge in [-0.3, -0.25) is 5.10 Å². The zero-order valence-corrected chi connectivity index (χ0v) is 13.8. The van der Waals surface area contributed by atoms with Crippen molar-refractivity contribution in [1.82, 2.24) is 20.4 Å². The van der Waals surface area contributed by atoms with Crippen LogP contribution in [0.25, 0.3) is 0 Å². The second-order valence-electron chi connectivity index (χ2n) is 6.57. The lowest BCUT2D eigenvalue weighted by atomic mass is 9.93. The Hall–Kier alpha value is -2.50. The Morgan fingerprint density at radius 2 is 2.25 bits per heavy atom. The molecule has 1 aliphatic heterocycles. The van der Waals surface area contributed by atoms with E-state index < -0.39 is 0 Å². The van der Waals surface area contributed by atoms with Crippen molar-refractivity contribution in [2.75, 3.05) is 13.7 Å². The van der Waals surface area contributed by atoms with E-state index in [4.69, 9.17) is 4.74 Å². The Morgan fingerprint density at radius 3 is 3.12 bits per heavy atom. The van der Waals surface area contributed by atoms with Crippen LogP contribution in [-0.4, -0.2) is 40.8 Å². The third kappa shape index (κ3) is 2.84. The normalized spacial score (nSPS) is 19.4. The quantitative estimate of drug-likeness (QED) is 0.887. The molecule has 0 saturated heterocycles. The average Bonchev–Trinajstić information content (AvgIpc) is 3.08. The first kappa shape index (κ1) is 15.1. The van der Waals surface area contributed by atoms with Gasteiger partial charge in [-0.15, -0.1) is 0 Å². The molecule has 1 aromatic heterocycles. The molecule has 0 fully saturated rings. The molecule has 1 aliphatic carbocycles. The number of rotatable bonds is 2. The van der Waals surface area contributed by atoms with E-state index in [1.54, 1.807) is 7.11 Å². The number of hydrogen-bond donors (Lipinski definition) is 2. The summed E-state index contributed by atoms with van der Waals surface area (Å²) in [5.41, 5.74) is 4.91. The summed E-state index contributed by atoms with van der Waals surface area (Å²) >= 11 is 0. The van der Waals surface area contributed by atoms with Gasteiger partial charge in [0.1, 0.15) is 5.75 Å². The number of ether oxygens (including phenoxy) is 1. The summed E-state index contributed by atoms with van der Waals surface area (Å²) in [4.78, 5) is 14.5. The largest absolute Gasteiger partial charge is 0.497 e. The smallest absolute Gasteiger partial charge is 0.317 e. The van der Waals surface area contributed by atoms with E-state index in [0.717, 1.165) is 38.0 Å². The van der Waals surface area contributed by atoms with Gasteiger partial charge in [0.15, 0.2) is 0 Å². The number of fused-ring (bicyclic) bond motifs is 2. The minimum absolute atomic E-state index is 0.0282. The Kier molecular flexibility index (Phi) is 3.88. The molecule has 1 unspecified atom stereocenters. The van der Waals surface area contributed by atoms with Crippen LogP contribution in [0.1, 0.15) is 28.8 Å². The minimum atomic E-state index is 0.0282. The maximum atomic E-state index is 12.6. The van der Waals surface area contributed by atoms with Crippen LogP contribution in [0.5, 0.6) is 5.75 Å². The summed E-state index contributed by atoms with van der Waals surface area (Å²) in [6.45, 7) is 1.40. The molecule has 1 aromatic carbocycles. The van der Waals surface area contributed by atoms with Crippen molar-refractivity contribution >= 4 is 6.03 Å². The third-order valence-corrected chi connectivity index (χ3v) is 5.06. The first-order chi connectivity index (χ1) is 11.7. The lowest BCUT2D eigenvalue weighted by Gasteiger charge is -2.32. The van der Waals surface area contributed by atoms with E-state index in [1.165, 1.54) is 22.4 Å². The van der Waals surface area contributed by atoms with Crippen LogP contribution in [0.4, 0.5) is 4.79 Å². The van der Waals surface area contributed by atoms with Crippen LogP contribution in [0.3, 0.4) is 0 Å². The topological polar surface area (TPSA) is 70.2 Å². The van der Waals surface area contributed by atoms with Gasteiger partial charge in [-0.1, -0.05) is 6.07 Å². The number of aromatic nitrogens is 2. The highest BCUT2D eigenvalue weighted by Gasteiger charge is 2.26. The molecule has 2 amide bonds. The minimum Gasteiger partial charge on any atom is -0.497 e. The Bertz CT molecular complexity index is 755. The summed E-state index contributed by atoms with van der Waals surface area (Å²) in [7, 11) is 1.67. The lowest BCUT2D eigenvalue weighted by molar-refractivity contribution is 0.187. The van der Waals surface area contributed by atoms with Gasteiger partial charge >= 0.3 is 6.03 Å².